The smallest absolute Gasteiger partial charge is 0.127 e. The van der Waals surface area contributed by atoms with Crippen molar-refractivity contribution in [3.8, 4) is 0 Å². The largest absolute Gasteiger partial charge is 0.313 e. The second kappa shape index (κ2) is 5.61. The lowest BCUT2D eigenvalue weighted by molar-refractivity contribution is 0.318. The quantitative estimate of drug-likeness (QED) is 0.815. The highest BCUT2D eigenvalue weighted by Crippen LogP contribution is 2.18. The summed E-state index contributed by atoms with van der Waals surface area (Å²) in [5.41, 5.74) is 1.91. The third kappa shape index (κ3) is 4.10. The second-order valence-electron chi connectivity index (χ2n) is 5.06. The monoisotopic (exact) mass is 236 g/mol. The van der Waals surface area contributed by atoms with Gasteiger partial charge in [-0.15, -0.1) is 0 Å². The van der Waals surface area contributed by atoms with Gasteiger partial charge in [0, 0.05) is 31.2 Å². The maximum atomic E-state index is 13.5. The summed E-state index contributed by atoms with van der Waals surface area (Å²) in [7, 11) is 2.04. The molecule has 0 unspecified atom stereocenters. The molecule has 1 fully saturated rings. The molecule has 3 heteroatoms. The summed E-state index contributed by atoms with van der Waals surface area (Å²) in [5, 5.41) is 3.46. The molecule has 0 atom stereocenters. The molecular weight excluding hydrogens is 215 g/mol. The Bertz CT molecular complexity index is 374. The van der Waals surface area contributed by atoms with Gasteiger partial charge in [-0.1, -0.05) is 17.7 Å². The molecule has 0 bridgehead atoms. The third-order valence-corrected chi connectivity index (χ3v) is 3.15. The van der Waals surface area contributed by atoms with E-state index in [0.29, 0.717) is 6.54 Å². The Morgan fingerprint density at radius 3 is 2.88 bits per heavy atom. The summed E-state index contributed by atoms with van der Waals surface area (Å²) in [5.74, 6) is -0.0994. The molecule has 1 saturated carbocycles. The van der Waals surface area contributed by atoms with E-state index in [1.54, 1.807) is 6.07 Å². The lowest BCUT2D eigenvalue weighted by Crippen LogP contribution is -2.30. The summed E-state index contributed by atoms with van der Waals surface area (Å²) in [6.45, 7) is 4.63. The number of benzene rings is 1. The zero-order valence-corrected chi connectivity index (χ0v) is 10.7. The first kappa shape index (κ1) is 12.5. The van der Waals surface area contributed by atoms with Crippen LogP contribution in [0.3, 0.4) is 0 Å². The highest BCUT2D eigenvalue weighted by Gasteiger charge is 2.19. The lowest BCUT2D eigenvalue weighted by Gasteiger charge is -2.17. The van der Waals surface area contributed by atoms with E-state index in [-0.39, 0.29) is 5.82 Å². The zero-order chi connectivity index (χ0) is 12.3. The minimum Gasteiger partial charge on any atom is -0.313 e. The molecule has 0 heterocycles. The average molecular weight is 236 g/mol. The van der Waals surface area contributed by atoms with Gasteiger partial charge < -0.3 is 10.2 Å². The van der Waals surface area contributed by atoms with E-state index in [1.807, 2.05) is 26.1 Å². The second-order valence-corrected chi connectivity index (χ2v) is 5.06. The molecule has 94 valence electrons. The standard InChI is InChI=1S/C14H21FN2/c1-11-3-6-14(15)12(9-11)10-17(2)8-7-16-13-4-5-13/h3,6,9,13,16H,4-5,7-8,10H2,1-2H3. The van der Waals surface area contributed by atoms with E-state index >= 15 is 0 Å². The highest BCUT2D eigenvalue weighted by molar-refractivity contribution is 5.23. The number of hydrogen-bond acceptors (Lipinski definition) is 2. The van der Waals surface area contributed by atoms with Crippen LogP contribution in [0.4, 0.5) is 4.39 Å². The van der Waals surface area contributed by atoms with Gasteiger partial charge in [-0.25, -0.2) is 4.39 Å². The molecule has 1 aromatic carbocycles. The van der Waals surface area contributed by atoms with Crippen molar-refractivity contribution in [1.29, 1.82) is 0 Å². The molecule has 0 aromatic heterocycles. The van der Waals surface area contributed by atoms with Crippen LogP contribution in [-0.4, -0.2) is 31.1 Å². The number of halogens is 1. The molecule has 1 N–H and O–H groups in total. The predicted octanol–water partition coefficient (Wildman–Crippen LogP) is 2.32. The van der Waals surface area contributed by atoms with Crippen LogP contribution in [0, 0.1) is 12.7 Å². The summed E-state index contributed by atoms with van der Waals surface area (Å²) in [4.78, 5) is 2.16. The van der Waals surface area contributed by atoms with Gasteiger partial charge in [0.05, 0.1) is 0 Å². The van der Waals surface area contributed by atoms with Crippen molar-refractivity contribution in [1.82, 2.24) is 10.2 Å². The minimum atomic E-state index is -0.0994. The number of likely N-dealkylation sites (N-methyl/N-ethyl adjacent to an activating group) is 1. The third-order valence-electron chi connectivity index (χ3n) is 3.15. The van der Waals surface area contributed by atoms with Crippen molar-refractivity contribution >= 4 is 0 Å². The Labute approximate surface area is 103 Å². The molecule has 0 amide bonds. The maximum absolute atomic E-state index is 13.5. The van der Waals surface area contributed by atoms with E-state index in [9.17, 15) is 4.39 Å². The van der Waals surface area contributed by atoms with Crippen LogP contribution in [0.1, 0.15) is 24.0 Å². The van der Waals surface area contributed by atoms with Crippen LogP contribution >= 0.6 is 0 Å². The van der Waals surface area contributed by atoms with E-state index < -0.39 is 0 Å². The van der Waals surface area contributed by atoms with Gasteiger partial charge in [-0.3, -0.25) is 0 Å². The summed E-state index contributed by atoms with van der Waals surface area (Å²) in [6.07, 6.45) is 2.63. The van der Waals surface area contributed by atoms with Crippen molar-refractivity contribution < 1.29 is 4.39 Å². The van der Waals surface area contributed by atoms with Gasteiger partial charge in [0.15, 0.2) is 0 Å². The number of rotatable bonds is 6. The van der Waals surface area contributed by atoms with E-state index in [4.69, 9.17) is 0 Å². The van der Waals surface area contributed by atoms with Crippen LogP contribution in [-0.2, 0) is 6.54 Å². The summed E-state index contributed by atoms with van der Waals surface area (Å²) in [6, 6.07) is 6.05. The van der Waals surface area contributed by atoms with E-state index in [2.05, 4.69) is 10.2 Å². The van der Waals surface area contributed by atoms with Crippen molar-refractivity contribution in [2.75, 3.05) is 20.1 Å². The molecule has 1 aliphatic rings. The minimum absolute atomic E-state index is 0.0994. The Kier molecular flexibility index (Phi) is 4.13. The van der Waals surface area contributed by atoms with E-state index in [1.165, 1.54) is 12.8 Å². The van der Waals surface area contributed by atoms with Crippen LogP contribution in [0.5, 0.6) is 0 Å². The molecule has 2 nitrogen and oxygen atoms in total. The van der Waals surface area contributed by atoms with Crippen LogP contribution in [0.15, 0.2) is 18.2 Å². The Morgan fingerprint density at radius 2 is 2.18 bits per heavy atom. The first-order valence-corrected chi connectivity index (χ1v) is 6.32. The van der Waals surface area contributed by atoms with Gasteiger partial charge >= 0.3 is 0 Å². The predicted molar refractivity (Wildman–Crippen MR) is 68.5 cm³/mol. The Balaban J connectivity index is 1.79. The molecule has 0 saturated heterocycles. The molecule has 2 rings (SSSR count). The van der Waals surface area contributed by atoms with Gasteiger partial charge in [0.2, 0.25) is 0 Å². The Morgan fingerprint density at radius 1 is 1.41 bits per heavy atom. The van der Waals surface area contributed by atoms with Gasteiger partial charge in [-0.05, 0) is 32.9 Å². The van der Waals surface area contributed by atoms with Crippen molar-refractivity contribution in [2.45, 2.75) is 32.4 Å². The summed E-state index contributed by atoms with van der Waals surface area (Å²) < 4.78 is 13.5. The number of hydrogen-bond donors (Lipinski definition) is 1. The maximum Gasteiger partial charge on any atom is 0.127 e. The topological polar surface area (TPSA) is 15.3 Å². The number of nitrogens with zero attached hydrogens (tertiary/aromatic N) is 1. The van der Waals surface area contributed by atoms with Crippen LogP contribution < -0.4 is 5.32 Å². The van der Waals surface area contributed by atoms with Gasteiger partial charge in [0.1, 0.15) is 5.82 Å². The fourth-order valence-electron chi connectivity index (χ4n) is 1.94. The van der Waals surface area contributed by atoms with E-state index in [0.717, 1.165) is 30.3 Å². The van der Waals surface area contributed by atoms with Gasteiger partial charge in [0.25, 0.3) is 0 Å². The Hall–Kier alpha value is -0.930. The van der Waals surface area contributed by atoms with Crippen molar-refractivity contribution in [2.24, 2.45) is 0 Å². The molecular formula is C14H21FN2. The SMILES string of the molecule is Cc1ccc(F)c(CN(C)CCNC2CC2)c1. The molecule has 0 radical (unpaired) electrons. The number of nitrogens with one attached hydrogen (secondary N) is 1. The zero-order valence-electron chi connectivity index (χ0n) is 10.7. The van der Waals surface area contributed by atoms with Gasteiger partial charge in [-0.2, -0.15) is 0 Å². The first-order chi connectivity index (χ1) is 8.15. The molecule has 1 aliphatic carbocycles. The fourth-order valence-corrected chi connectivity index (χ4v) is 1.94. The van der Waals surface area contributed by atoms with Crippen LogP contribution in [0.2, 0.25) is 0 Å². The van der Waals surface area contributed by atoms with Crippen molar-refractivity contribution in [3.05, 3.63) is 35.1 Å². The molecule has 0 spiro atoms. The first-order valence-electron chi connectivity index (χ1n) is 6.32. The number of aryl methyl sites for hydroxylation is 1. The lowest BCUT2D eigenvalue weighted by atomic mass is 10.1. The molecule has 17 heavy (non-hydrogen) atoms. The average Bonchev–Trinajstić information content (AvgIpc) is 3.07. The van der Waals surface area contributed by atoms with Crippen molar-refractivity contribution in [3.63, 3.8) is 0 Å². The fraction of sp³-hybridized carbons (Fsp3) is 0.571. The summed E-state index contributed by atoms with van der Waals surface area (Å²) >= 11 is 0. The molecule has 1 aromatic rings. The molecule has 0 aliphatic heterocycles. The normalized spacial score (nSPS) is 15.5. The van der Waals surface area contributed by atoms with Crippen LogP contribution in [0.25, 0.3) is 0 Å². The highest BCUT2D eigenvalue weighted by atomic mass is 19.1.